The van der Waals surface area contributed by atoms with Crippen molar-refractivity contribution < 1.29 is 18.3 Å². The van der Waals surface area contributed by atoms with E-state index in [9.17, 15) is 18.3 Å². The van der Waals surface area contributed by atoms with E-state index in [1.54, 1.807) is 18.2 Å². The molecule has 0 aliphatic carbocycles. The highest BCUT2D eigenvalue weighted by atomic mass is 19.4. The molecule has 2 N–H and O–H groups in total. The lowest BCUT2D eigenvalue weighted by molar-refractivity contribution is -0.137. The third kappa shape index (κ3) is 3.74. The molecule has 1 aliphatic rings. The minimum Gasteiger partial charge on any atom is -0.385 e. The molecule has 136 valence electrons. The Kier molecular flexibility index (Phi) is 4.78. The molecule has 0 spiro atoms. The van der Waals surface area contributed by atoms with Crippen LogP contribution in [0.3, 0.4) is 0 Å². The van der Waals surface area contributed by atoms with Gasteiger partial charge in [0.25, 0.3) is 0 Å². The fourth-order valence-electron chi connectivity index (χ4n) is 3.63. The molecule has 1 fully saturated rings. The first kappa shape index (κ1) is 18.4. The molecular formula is C20H19F3N2O. The summed E-state index contributed by atoms with van der Waals surface area (Å²) in [4.78, 5) is 0. The molecule has 1 saturated heterocycles. The van der Waals surface area contributed by atoms with Gasteiger partial charge in [-0.1, -0.05) is 24.3 Å². The molecule has 0 bridgehead atoms. The fraction of sp³-hybridized carbons (Fsp3) is 0.350. The van der Waals surface area contributed by atoms with Crippen molar-refractivity contribution in [2.24, 2.45) is 0 Å². The van der Waals surface area contributed by atoms with E-state index in [-0.39, 0.29) is 12.1 Å². The molecule has 3 rings (SSSR count). The Bertz CT molecular complexity index is 826. The van der Waals surface area contributed by atoms with Gasteiger partial charge in [0.05, 0.1) is 22.8 Å². The van der Waals surface area contributed by atoms with E-state index < -0.39 is 17.3 Å². The summed E-state index contributed by atoms with van der Waals surface area (Å²) in [5, 5.41) is 23.6. The zero-order valence-corrected chi connectivity index (χ0v) is 14.2. The van der Waals surface area contributed by atoms with Gasteiger partial charge in [0, 0.05) is 12.1 Å². The van der Waals surface area contributed by atoms with Crippen LogP contribution in [0.25, 0.3) is 0 Å². The van der Waals surface area contributed by atoms with Crippen LogP contribution in [0, 0.1) is 11.3 Å². The zero-order chi connectivity index (χ0) is 18.9. The molecule has 1 unspecified atom stereocenters. The standard InChI is InChI=1S/C20H19F3N2O/c1-13-10-19(26,16-5-7-17(8-6-16)20(21,22)23)11-18(25-13)15-4-2-3-14(9-15)12-24/h2-9,13,18,25-26H,10-11H2,1H3/t13-,18-,19?/m0/s1. The van der Waals surface area contributed by atoms with E-state index in [2.05, 4.69) is 11.4 Å². The average molecular weight is 360 g/mol. The van der Waals surface area contributed by atoms with Gasteiger partial charge in [-0.25, -0.2) is 0 Å². The number of piperidine rings is 1. The van der Waals surface area contributed by atoms with Crippen molar-refractivity contribution in [1.82, 2.24) is 5.32 Å². The Morgan fingerprint density at radius 2 is 1.85 bits per heavy atom. The second-order valence-electron chi connectivity index (χ2n) is 6.87. The van der Waals surface area contributed by atoms with Gasteiger partial charge >= 0.3 is 6.18 Å². The summed E-state index contributed by atoms with van der Waals surface area (Å²) in [6.07, 6.45) is -3.69. The van der Waals surface area contributed by atoms with E-state index in [4.69, 9.17) is 5.26 Å². The Morgan fingerprint density at radius 3 is 2.46 bits per heavy atom. The second-order valence-corrected chi connectivity index (χ2v) is 6.87. The number of halogens is 3. The smallest absolute Gasteiger partial charge is 0.385 e. The number of aliphatic hydroxyl groups is 1. The van der Waals surface area contributed by atoms with E-state index in [1.165, 1.54) is 12.1 Å². The Labute approximate surface area is 150 Å². The number of benzene rings is 2. The Morgan fingerprint density at radius 1 is 1.15 bits per heavy atom. The molecule has 0 radical (unpaired) electrons. The van der Waals surface area contributed by atoms with Crippen LogP contribution in [0.1, 0.15) is 48.1 Å². The molecule has 1 aliphatic heterocycles. The first-order valence-electron chi connectivity index (χ1n) is 8.37. The summed E-state index contributed by atoms with van der Waals surface area (Å²) < 4.78 is 38.3. The summed E-state index contributed by atoms with van der Waals surface area (Å²) in [7, 11) is 0. The lowest BCUT2D eigenvalue weighted by Crippen LogP contribution is -2.46. The number of hydrogen-bond acceptors (Lipinski definition) is 3. The van der Waals surface area contributed by atoms with Crippen LogP contribution in [-0.4, -0.2) is 11.1 Å². The van der Waals surface area contributed by atoms with Crippen LogP contribution < -0.4 is 5.32 Å². The van der Waals surface area contributed by atoms with Gasteiger partial charge in [0.1, 0.15) is 0 Å². The third-order valence-electron chi connectivity index (χ3n) is 4.84. The summed E-state index contributed by atoms with van der Waals surface area (Å²) in [6, 6.07) is 13.7. The quantitative estimate of drug-likeness (QED) is 0.841. The monoisotopic (exact) mass is 360 g/mol. The minimum absolute atomic E-state index is 0.0354. The summed E-state index contributed by atoms with van der Waals surface area (Å²) in [6.45, 7) is 1.93. The second kappa shape index (κ2) is 6.75. The molecular weight excluding hydrogens is 341 g/mol. The number of nitrogens with zero attached hydrogens (tertiary/aromatic N) is 1. The van der Waals surface area contributed by atoms with Crippen LogP contribution in [-0.2, 0) is 11.8 Å². The minimum atomic E-state index is -4.40. The van der Waals surface area contributed by atoms with Gasteiger partial charge < -0.3 is 10.4 Å². The zero-order valence-electron chi connectivity index (χ0n) is 14.2. The molecule has 6 heteroatoms. The van der Waals surface area contributed by atoms with Crippen molar-refractivity contribution in [3.63, 3.8) is 0 Å². The number of hydrogen-bond donors (Lipinski definition) is 2. The molecule has 1 heterocycles. The van der Waals surface area contributed by atoms with Crippen molar-refractivity contribution in [3.05, 3.63) is 70.8 Å². The maximum absolute atomic E-state index is 12.8. The van der Waals surface area contributed by atoms with Crippen molar-refractivity contribution in [3.8, 4) is 6.07 Å². The molecule has 0 aromatic heterocycles. The van der Waals surface area contributed by atoms with Gasteiger partial charge in [0.15, 0.2) is 0 Å². The first-order chi connectivity index (χ1) is 12.2. The molecule has 2 aromatic carbocycles. The molecule has 0 amide bonds. The van der Waals surface area contributed by atoms with Crippen LogP contribution in [0.15, 0.2) is 48.5 Å². The lowest BCUT2D eigenvalue weighted by Gasteiger charge is -2.41. The molecule has 26 heavy (non-hydrogen) atoms. The predicted molar refractivity (Wildman–Crippen MR) is 91.1 cm³/mol. The maximum Gasteiger partial charge on any atom is 0.416 e. The lowest BCUT2D eigenvalue weighted by atomic mass is 9.77. The van der Waals surface area contributed by atoms with Gasteiger partial charge in [-0.05, 0) is 55.2 Å². The summed E-state index contributed by atoms with van der Waals surface area (Å²) in [5.74, 6) is 0. The third-order valence-corrected chi connectivity index (χ3v) is 4.84. The SMILES string of the molecule is C[C@H]1CC(O)(c2ccc(C(F)(F)F)cc2)C[C@@H](c2cccc(C#N)c2)N1. The highest BCUT2D eigenvalue weighted by Gasteiger charge is 2.40. The average Bonchev–Trinajstić information content (AvgIpc) is 2.60. The number of nitriles is 1. The normalized spacial score (nSPS) is 26.3. The molecule has 0 saturated carbocycles. The first-order valence-corrected chi connectivity index (χ1v) is 8.37. The highest BCUT2D eigenvalue weighted by molar-refractivity contribution is 5.36. The fourth-order valence-corrected chi connectivity index (χ4v) is 3.63. The van der Waals surface area contributed by atoms with Gasteiger partial charge in [0.2, 0.25) is 0 Å². The number of nitrogens with one attached hydrogen (secondary N) is 1. The number of rotatable bonds is 2. The van der Waals surface area contributed by atoms with Gasteiger partial charge in [-0.2, -0.15) is 18.4 Å². The van der Waals surface area contributed by atoms with Crippen LogP contribution >= 0.6 is 0 Å². The topological polar surface area (TPSA) is 56.0 Å². The van der Waals surface area contributed by atoms with Gasteiger partial charge in [-0.15, -0.1) is 0 Å². The highest BCUT2D eigenvalue weighted by Crippen LogP contribution is 2.41. The van der Waals surface area contributed by atoms with E-state index in [0.717, 1.165) is 17.7 Å². The van der Waals surface area contributed by atoms with Crippen LogP contribution in [0.2, 0.25) is 0 Å². The summed E-state index contributed by atoms with van der Waals surface area (Å²) >= 11 is 0. The summed E-state index contributed by atoms with van der Waals surface area (Å²) in [5.41, 5.74) is -0.0887. The predicted octanol–water partition coefficient (Wildman–Crippen LogP) is 4.28. The Hall–Kier alpha value is -2.36. The maximum atomic E-state index is 12.8. The van der Waals surface area contributed by atoms with Crippen LogP contribution in [0.5, 0.6) is 0 Å². The van der Waals surface area contributed by atoms with Crippen molar-refractivity contribution in [2.75, 3.05) is 0 Å². The van der Waals surface area contributed by atoms with E-state index in [1.807, 2.05) is 13.0 Å². The van der Waals surface area contributed by atoms with E-state index in [0.29, 0.717) is 24.0 Å². The van der Waals surface area contributed by atoms with Crippen LogP contribution in [0.4, 0.5) is 13.2 Å². The van der Waals surface area contributed by atoms with Crippen molar-refractivity contribution in [1.29, 1.82) is 5.26 Å². The Balaban J connectivity index is 1.90. The van der Waals surface area contributed by atoms with Crippen molar-refractivity contribution in [2.45, 2.75) is 43.6 Å². The largest absolute Gasteiger partial charge is 0.416 e. The molecule has 2 aromatic rings. The number of alkyl halides is 3. The molecule has 3 atom stereocenters. The van der Waals surface area contributed by atoms with E-state index >= 15 is 0 Å². The van der Waals surface area contributed by atoms with Gasteiger partial charge in [-0.3, -0.25) is 0 Å². The molecule has 3 nitrogen and oxygen atoms in total. The van der Waals surface area contributed by atoms with Crippen molar-refractivity contribution >= 4 is 0 Å².